The molecule has 2 aromatic rings. The molecular formula is C13H14ClFN4. The molecule has 0 spiro atoms. The Balaban J connectivity index is 2.40. The Bertz CT molecular complexity index is 616. The summed E-state index contributed by atoms with van der Waals surface area (Å²) in [4.78, 5) is 8.53. The molecule has 0 radical (unpaired) electrons. The first-order valence-corrected chi connectivity index (χ1v) is 6.14. The van der Waals surface area contributed by atoms with E-state index in [2.05, 4.69) is 20.6 Å². The largest absolute Gasteiger partial charge is 0.373 e. The van der Waals surface area contributed by atoms with Crippen LogP contribution in [0.2, 0.25) is 5.02 Å². The first-order chi connectivity index (χ1) is 9.01. The van der Waals surface area contributed by atoms with Crippen molar-refractivity contribution in [2.45, 2.75) is 13.8 Å². The molecule has 1 heterocycles. The highest BCUT2D eigenvalue weighted by molar-refractivity contribution is 6.30. The van der Waals surface area contributed by atoms with E-state index < -0.39 is 5.82 Å². The molecule has 19 heavy (non-hydrogen) atoms. The zero-order valence-corrected chi connectivity index (χ0v) is 11.6. The number of aromatic nitrogens is 2. The van der Waals surface area contributed by atoms with Gasteiger partial charge in [-0.3, -0.25) is 0 Å². The maximum absolute atomic E-state index is 13.7. The van der Waals surface area contributed by atoms with E-state index in [-0.39, 0.29) is 0 Å². The Labute approximate surface area is 116 Å². The molecule has 2 rings (SSSR count). The fourth-order valence-corrected chi connectivity index (χ4v) is 1.87. The molecule has 0 saturated heterocycles. The highest BCUT2D eigenvalue weighted by Gasteiger charge is 2.10. The third kappa shape index (κ3) is 2.93. The molecule has 0 unspecified atom stereocenters. The van der Waals surface area contributed by atoms with Gasteiger partial charge in [0.05, 0.1) is 5.69 Å². The van der Waals surface area contributed by atoms with Crippen LogP contribution in [0.5, 0.6) is 0 Å². The van der Waals surface area contributed by atoms with Crippen molar-refractivity contribution in [3.05, 3.63) is 40.4 Å². The number of anilines is 3. The van der Waals surface area contributed by atoms with Gasteiger partial charge in [-0.05, 0) is 32.0 Å². The number of aryl methyl sites for hydroxylation is 1. The molecule has 0 saturated carbocycles. The Morgan fingerprint density at radius 2 is 1.84 bits per heavy atom. The molecule has 2 N–H and O–H groups in total. The minimum atomic E-state index is -0.422. The Morgan fingerprint density at radius 1 is 1.16 bits per heavy atom. The summed E-state index contributed by atoms with van der Waals surface area (Å²) in [5.41, 5.74) is 1.15. The van der Waals surface area contributed by atoms with Gasteiger partial charge in [0.1, 0.15) is 23.3 Å². The molecule has 100 valence electrons. The molecular weight excluding hydrogens is 267 g/mol. The summed E-state index contributed by atoms with van der Waals surface area (Å²) < 4.78 is 13.7. The van der Waals surface area contributed by atoms with Crippen LogP contribution in [-0.2, 0) is 0 Å². The van der Waals surface area contributed by atoms with E-state index >= 15 is 0 Å². The van der Waals surface area contributed by atoms with Gasteiger partial charge in [0, 0.05) is 17.6 Å². The first-order valence-electron chi connectivity index (χ1n) is 5.76. The van der Waals surface area contributed by atoms with Crippen LogP contribution in [0.3, 0.4) is 0 Å². The molecule has 1 aromatic carbocycles. The van der Waals surface area contributed by atoms with Crippen molar-refractivity contribution in [1.29, 1.82) is 0 Å². The topological polar surface area (TPSA) is 49.8 Å². The van der Waals surface area contributed by atoms with E-state index in [9.17, 15) is 4.39 Å². The standard InChI is InChI=1S/C13H14ClFN4/c1-7-12(16-3)17-8(2)18-13(7)19-11-5-4-9(14)6-10(11)15/h4-6H,1-3H3,(H2,16,17,18,19). The number of hydrogen-bond acceptors (Lipinski definition) is 4. The van der Waals surface area contributed by atoms with E-state index in [4.69, 9.17) is 11.6 Å². The molecule has 6 heteroatoms. The summed E-state index contributed by atoms with van der Waals surface area (Å²) in [5.74, 6) is 1.46. The van der Waals surface area contributed by atoms with Gasteiger partial charge in [-0.1, -0.05) is 11.6 Å². The lowest BCUT2D eigenvalue weighted by molar-refractivity contribution is 0.632. The van der Waals surface area contributed by atoms with Gasteiger partial charge in [-0.2, -0.15) is 0 Å². The monoisotopic (exact) mass is 280 g/mol. The van der Waals surface area contributed by atoms with E-state index in [1.165, 1.54) is 6.07 Å². The number of rotatable bonds is 3. The van der Waals surface area contributed by atoms with Crippen molar-refractivity contribution in [2.75, 3.05) is 17.7 Å². The third-order valence-electron chi connectivity index (χ3n) is 2.68. The van der Waals surface area contributed by atoms with E-state index in [1.807, 2.05) is 6.92 Å². The lowest BCUT2D eigenvalue weighted by Crippen LogP contribution is -2.06. The first kappa shape index (κ1) is 13.5. The van der Waals surface area contributed by atoms with Crippen LogP contribution in [-0.4, -0.2) is 17.0 Å². The number of hydrogen-bond donors (Lipinski definition) is 2. The van der Waals surface area contributed by atoms with Gasteiger partial charge < -0.3 is 10.6 Å². The van der Waals surface area contributed by atoms with Crippen LogP contribution >= 0.6 is 11.6 Å². The Kier molecular flexibility index (Phi) is 3.85. The second-order valence-corrected chi connectivity index (χ2v) is 4.53. The average Bonchev–Trinajstić information content (AvgIpc) is 2.36. The quantitative estimate of drug-likeness (QED) is 0.901. The predicted octanol–water partition coefficient (Wildman–Crippen LogP) is 3.67. The van der Waals surface area contributed by atoms with Crippen molar-refractivity contribution < 1.29 is 4.39 Å². The fraction of sp³-hybridized carbons (Fsp3) is 0.231. The van der Waals surface area contributed by atoms with Gasteiger partial charge in [0.25, 0.3) is 0 Å². The third-order valence-corrected chi connectivity index (χ3v) is 2.91. The van der Waals surface area contributed by atoms with Gasteiger partial charge in [-0.15, -0.1) is 0 Å². The smallest absolute Gasteiger partial charge is 0.148 e. The lowest BCUT2D eigenvalue weighted by atomic mass is 10.2. The van der Waals surface area contributed by atoms with Crippen molar-refractivity contribution in [2.24, 2.45) is 0 Å². The average molecular weight is 281 g/mol. The van der Waals surface area contributed by atoms with Crippen molar-refractivity contribution >= 4 is 28.9 Å². The molecule has 0 aliphatic carbocycles. The molecule has 4 nitrogen and oxygen atoms in total. The fourth-order valence-electron chi connectivity index (χ4n) is 1.71. The van der Waals surface area contributed by atoms with Gasteiger partial charge in [0.15, 0.2) is 0 Å². The van der Waals surface area contributed by atoms with Crippen LogP contribution in [0, 0.1) is 19.7 Å². The van der Waals surface area contributed by atoms with Crippen LogP contribution in [0.15, 0.2) is 18.2 Å². The molecule has 1 aromatic heterocycles. The Hall–Kier alpha value is -1.88. The zero-order valence-electron chi connectivity index (χ0n) is 10.9. The summed E-state index contributed by atoms with van der Waals surface area (Å²) in [6.45, 7) is 3.64. The summed E-state index contributed by atoms with van der Waals surface area (Å²) in [7, 11) is 1.78. The Morgan fingerprint density at radius 3 is 2.47 bits per heavy atom. The predicted molar refractivity (Wildman–Crippen MR) is 75.7 cm³/mol. The molecule has 0 amide bonds. The van der Waals surface area contributed by atoms with Crippen LogP contribution in [0.25, 0.3) is 0 Å². The molecule has 0 bridgehead atoms. The molecule has 0 atom stereocenters. The SMILES string of the molecule is CNc1nc(C)nc(Nc2ccc(Cl)cc2F)c1C. The zero-order chi connectivity index (χ0) is 14.0. The van der Waals surface area contributed by atoms with Gasteiger partial charge in [0.2, 0.25) is 0 Å². The highest BCUT2D eigenvalue weighted by Crippen LogP contribution is 2.26. The maximum Gasteiger partial charge on any atom is 0.148 e. The minimum Gasteiger partial charge on any atom is -0.373 e. The van der Waals surface area contributed by atoms with Crippen LogP contribution in [0.1, 0.15) is 11.4 Å². The van der Waals surface area contributed by atoms with Gasteiger partial charge in [-0.25, -0.2) is 14.4 Å². The minimum absolute atomic E-state index is 0.327. The second-order valence-electron chi connectivity index (χ2n) is 4.09. The number of benzene rings is 1. The van der Waals surface area contributed by atoms with E-state index in [1.54, 1.807) is 26.1 Å². The number of nitrogens with one attached hydrogen (secondary N) is 2. The van der Waals surface area contributed by atoms with Crippen LogP contribution < -0.4 is 10.6 Å². The normalized spacial score (nSPS) is 10.4. The van der Waals surface area contributed by atoms with Crippen molar-refractivity contribution in [3.63, 3.8) is 0 Å². The maximum atomic E-state index is 13.7. The van der Waals surface area contributed by atoms with Gasteiger partial charge >= 0.3 is 0 Å². The highest BCUT2D eigenvalue weighted by atomic mass is 35.5. The summed E-state index contributed by atoms with van der Waals surface area (Å²) in [6, 6.07) is 4.45. The van der Waals surface area contributed by atoms with Crippen LogP contribution in [0.4, 0.5) is 21.7 Å². The molecule has 0 fully saturated rings. The van der Waals surface area contributed by atoms with Crippen molar-refractivity contribution in [3.8, 4) is 0 Å². The lowest BCUT2D eigenvalue weighted by Gasteiger charge is -2.13. The molecule has 0 aliphatic rings. The second kappa shape index (κ2) is 5.40. The molecule has 0 aliphatic heterocycles. The van der Waals surface area contributed by atoms with E-state index in [0.29, 0.717) is 28.2 Å². The van der Waals surface area contributed by atoms with E-state index in [0.717, 1.165) is 5.56 Å². The summed E-state index contributed by atoms with van der Waals surface area (Å²) in [6.07, 6.45) is 0. The summed E-state index contributed by atoms with van der Waals surface area (Å²) >= 11 is 5.72. The van der Waals surface area contributed by atoms with Crippen molar-refractivity contribution in [1.82, 2.24) is 9.97 Å². The number of nitrogens with zero attached hydrogens (tertiary/aromatic N) is 2. The summed E-state index contributed by atoms with van der Waals surface area (Å²) in [5, 5.41) is 6.29. The number of halogens is 2.